The third-order valence-corrected chi connectivity index (χ3v) is 3.76. The van der Waals surface area contributed by atoms with Crippen LogP contribution in [0.1, 0.15) is 36.0 Å². The summed E-state index contributed by atoms with van der Waals surface area (Å²) in [6.45, 7) is 0. The van der Waals surface area contributed by atoms with Crippen molar-refractivity contribution in [2.45, 2.75) is 36.6 Å². The predicted molar refractivity (Wildman–Crippen MR) is 71.1 cm³/mol. The molecule has 86 valence electrons. The van der Waals surface area contributed by atoms with E-state index in [1.165, 1.54) is 12.8 Å². The number of halogens is 1. The SMILES string of the molecule is O=C(NC1CCCC1)c1ccc(Br)cc1S. The fraction of sp³-hybridized carbons (Fsp3) is 0.417. The second kappa shape index (κ2) is 5.23. The van der Waals surface area contributed by atoms with Gasteiger partial charge in [0.25, 0.3) is 5.91 Å². The maximum absolute atomic E-state index is 12.0. The van der Waals surface area contributed by atoms with E-state index in [1.807, 2.05) is 12.1 Å². The highest BCUT2D eigenvalue weighted by Crippen LogP contribution is 2.22. The standard InChI is InChI=1S/C12H14BrNOS/c13-8-5-6-10(11(16)7-8)12(15)14-9-3-1-2-4-9/h5-7,9,16H,1-4H2,(H,14,15). The summed E-state index contributed by atoms with van der Waals surface area (Å²) in [5, 5.41) is 3.05. The molecule has 2 rings (SSSR count). The predicted octanol–water partition coefficient (Wildman–Crippen LogP) is 3.41. The van der Waals surface area contributed by atoms with Gasteiger partial charge in [0.2, 0.25) is 0 Å². The van der Waals surface area contributed by atoms with Crippen LogP contribution < -0.4 is 5.32 Å². The lowest BCUT2D eigenvalue weighted by atomic mass is 10.2. The molecule has 0 aromatic heterocycles. The number of rotatable bonds is 2. The normalized spacial score (nSPS) is 16.4. The molecule has 0 heterocycles. The van der Waals surface area contributed by atoms with Gasteiger partial charge in [-0.25, -0.2) is 0 Å². The molecule has 0 spiro atoms. The van der Waals surface area contributed by atoms with Gasteiger partial charge in [0.05, 0.1) is 5.56 Å². The number of carbonyl (C=O) groups excluding carboxylic acids is 1. The minimum atomic E-state index is -0.00981. The second-order valence-electron chi connectivity index (χ2n) is 4.12. The molecule has 1 saturated carbocycles. The van der Waals surface area contributed by atoms with Gasteiger partial charge in [-0.05, 0) is 31.0 Å². The van der Waals surface area contributed by atoms with E-state index >= 15 is 0 Å². The van der Waals surface area contributed by atoms with Gasteiger partial charge < -0.3 is 5.32 Å². The molecule has 1 amide bonds. The van der Waals surface area contributed by atoms with E-state index in [2.05, 4.69) is 33.9 Å². The first-order valence-electron chi connectivity index (χ1n) is 5.46. The molecule has 0 unspecified atom stereocenters. The maximum atomic E-state index is 12.0. The minimum absolute atomic E-state index is 0.00981. The molecule has 0 saturated heterocycles. The lowest BCUT2D eigenvalue weighted by Crippen LogP contribution is -2.32. The van der Waals surface area contributed by atoms with Gasteiger partial charge in [0.1, 0.15) is 0 Å². The van der Waals surface area contributed by atoms with E-state index in [0.29, 0.717) is 16.5 Å². The molecule has 1 aliphatic rings. The number of nitrogens with one attached hydrogen (secondary N) is 1. The fourth-order valence-electron chi connectivity index (χ4n) is 2.03. The number of amides is 1. The van der Waals surface area contributed by atoms with Crippen LogP contribution in [-0.2, 0) is 0 Å². The monoisotopic (exact) mass is 299 g/mol. The number of hydrogen-bond acceptors (Lipinski definition) is 2. The van der Waals surface area contributed by atoms with Crippen molar-refractivity contribution in [1.82, 2.24) is 5.32 Å². The third-order valence-electron chi connectivity index (χ3n) is 2.89. The molecule has 0 atom stereocenters. The number of carbonyl (C=O) groups is 1. The summed E-state index contributed by atoms with van der Waals surface area (Å²) >= 11 is 7.67. The van der Waals surface area contributed by atoms with E-state index in [4.69, 9.17) is 0 Å². The lowest BCUT2D eigenvalue weighted by Gasteiger charge is -2.13. The quantitative estimate of drug-likeness (QED) is 0.805. The minimum Gasteiger partial charge on any atom is -0.349 e. The average Bonchev–Trinajstić information content (AvgIpc) is 2.70. The van der Waals surface area contributed by atoms with Crippen molar-refractivity contribution in [2.24, 2.45) is 0 Å². The van der Waals surface area contributed by atoms with Crippen LogP contribution in [-0.4, -0.2) is 11.9 Å². The molecule has 1 aromatic rings. The van der Waals surface area contributed by atoms with Gasteiger partial charge in [0, 0.05) is 15.4 Å². The average molecular weight is 300 g/mol. The van der Waals surface area contributed by atoms with Gasteiger partial charge in [-0.15, -0.1) is 12.6 Å². The zero-order chi connectivity index (χ0) is 11.5. The Kier molecular flexibility index (Phi) is 3.92. The summed E-state index contributed by atoms with van der Waals surface area (Å²) in [6, 6.07) is 5.86. The molecule has 1 fully saturated rings. The van der Waals surface area contributed by atoms with E-state index < -0.39 is 0 Å². The summed E-state index contributed by atoms with van der Waals surface area (Å²) < 4.78 is 0.940. The van der Waals surface area contributed by atoms with Gasteiger partial charge >= 0.3 is 0 Å². The highest BCUT2D eigenvalue weighted by atomic mass is 79.9. The molecular formula is C12H14BrNOS. The summed E-state index contributed by atoms with van der Waals surface area (Å²) in [5.41, 5.74) is 0.651. The Morgan fingerprint density at radius 2 is 2.06 bits per heavy atom. The van der Waals surface area contributed by atoms with Gasteiger partial charge in [-0.2, -0.15) is 0 Å². The van der Waals surface area contributed by atoms with Crippen LogP contribution in [0, 0.1) is 0 Å². The van der Waals surface area contributed by atoms with Gasteiger partial charge in [-0.3, -0.25) is 4.79 Å². The van der Waals surface area contributed by atoms with E-state index in [1.54, 1.807) is 6.07 Å². The van der Waals surface area contributed by atoms with Crippen LogP contribution in [0.25, 0.3) is 0 Å². The molecule has 1 N–H and O–H groups in total. The lowest BCUT2D eigenvalue weighted by molar-refractivity contribution is 0.0935. The van der Waals surface area contributed by atoms with Crippen LogP contribution in [0.15, 0.2) is 27.6 Å². The van der Waals surface area contributed by atoms with Crippen LogP contribution in [0.4, 0.5) is 0 Å². The van der Waals surface area contributed by atoms with Crippen molar-refractivity contribution < 1.29 is 4.79 Å². The van der Waals surface area contributed by atoms with Crippen molar-refractivity contribution in [2.75, 3.05) is 0 Å². The maximum Gasteiger partial charge on any atom is 0.252 e. The summed E-state index contributed by atoms with van der Waals surface area (Å²) in [4.78, 5) is 12.7. The van der Waals surface area contributed by atoms with Crippen LogP contribution in [0.5, 0.6) is 0 Å². The number of benzene rings is 1. The summed E-state index contributed by atoms with van der Waals surface area (Å²) in [5.74, 6) is -0.00981. The molecule has 1 aromatic carbocycles. The molecule has 1 aliphatic carbocycles. The fourth-order valence-corrected chi connectivity index (χ4v) is 2.88. The Morgan fingerprint density at radius 1 is 1.38 bits per heavy atom. The number of hydrogen-bond donors (Lipinski definition) is 2. The zero-order valence-electron chi connectivity index (χ0n) is 8.87. The Balaban J connectivity index is 2.08. The Bertz CT molecular complexity index is 402. The Hall–Kier alpha value is -0.480. The molecule has 2 nitrogen and oxygen atoms in total. The van der Waals surface area contributed by atoms with Crippen LogP contribution in [0.3, 0.4) is 0 Å². The smallest absolute Gasteiger partial charge is 0.252 e. The highest BCUT2D eigenvalue weighted by Gasteiger charge is 2.18. The summed E-state index contributed by atoms with van der Waals surface area (Å²) in [7, 11) is 0. The molecule has 4 heteroatoms. The van der Waals surface area contributed by atoms with E-state index in [9.17, 15) is 4.79 Å². The molecular weight excluding hydrogens is 286 g/mol. The highest BCUT2D eigenvalue weighted by molar-refractivity contribution is 9.10. The van der Waals surface area contributed by atoms with Gasteiger partial charge in [-0.1, -0.05) is 28.8 Å². The van der Waals surface area contributed by atoms with E-state index in [0.717, 1.165) is 17.3 Å². The van der Waals surface area contributed by atoms with Crippen molar-refractivity contribution in [3.8, 4) is 0 Å². The van der Waals surface area contributed by atoms with Gasteiger partial charge in [0.15, 0.2) is 0 Å². The van der Waals surface area contributed by atoms with E-state index in [-0.39, 0.29) is 5.91 Å². The van der Waals surface area contributed by atoms with Crippen molar-refractivity contribution in [3.05, 3.63) is 28.2 Å². The first-order chi connectivity index (χ1) is 7.66. The third kappa shape index (κ3) is 2.80. The van der Waals surface area contributed by atoms with Crippen molar-refractivity contribution in [3.63, 3.8) is 0 Å². The molecule has 0 radical (unpaired) electrons. The zero-order valence-corrected chi connectivity index (χ0v) is 11.4. The topological polar surface area (TPSA) is 29.1 Å². The van der Waals surface area contributed by atoms with Crippen LogP contribution in [0.2, 0.25) is 0 Å². The van der Waals surface area contributed by atoms with Crippen molar-refractivity contribution in [1.29, 1.82) is 0 Å². The summed E-state index contributed by atoms with van der Waals surface area (Å²) in [6.07, 6.45) is 4.65. The first-order valence-corrected chi connectivity index (χ1v) is 6.70. The largest absolute Gasteiger partial charge is 0.349 e. The Labute approximate surface area is 109 Å². The molecule has 0 aliphatic heterocycles. The molecule has 0 bridgehead atoms. The second-order valence-corrected chi connectivity index (χ2v) is 5.51. The number of thiol groups is 1. The molecule has 16 heavy (non-hydrogen) atoms. The Morgan fingerprint density at radius 3 is 2.69 bits per heavy atom. The first kappa shape index (κ1) is 12.0. The van der Waals surface area contributed by atoms with Crippen molar-refractivity contribution >= 4 is 34.5 Å². The van der Waals surface area contributed by atoms with Crippen LogP contribution >= 0.6 is 28.6 Å².